The summed E-state index contributed by atoms with van der Waals surface area (Å²) in [7, 11) is 0. The molecule has 0 fully saturated rings. The van der Waals surface area contributed by atoms with Crippen molar-refractivity contribution < 1.29 is 19.7 Å². The maximum Gasteiger partial charge on any atom is 0.0895 e. The van der Waals surface area contributed by atoms with Gasteiger partial charge >= 0.3 is 0 Å². The first-order valence-electron chi connectivity index (χ1n) is 5.05. The van der Waals surface area contributed by atoms with E-state index in [1.54, 1.807) is 0 Å². The van der Waals surface area contributed by atoms with Crippen LogP contribution in [-0.2, 0) is 9.47 Å². The fraction of sp³-hybridized carbons (Fsp3) is 1.00. The Hall–Kier alpha value is -0.240. The van der Waals surface area contributed by atoms with Gasteiger partial charge in [-0.25, -0.2) is 0 Å². The maximum atomic E-state index is 9.11. The number of ether oxygens (including phenoxy) is 2. The van der Waals surface area contributed by atoms with E-state index in [4.69, 9.17) is 31.2 Å². The fourth-order valence-electron chi connectivity index (χ4n) is 0.830. The highest BCUT2D eigenvalue weighted by Crippen LogP contribution is 1.95. The quantitative estimate of drug-likeness (QED) is 0.361. The molecule has 0 saturated heterocycles. The van der Waals surface area contributed by atoms with Gasteiger partial charge < -0.3 is 31.2 Å². The Bertz CT molecular complexity index is 148. The van der Waals surface area contributed by atoms with Crippen LogP contribution in [0.25, 0.3) is 0 Å². The lowest BCUT2D eigenvalue weighted by Crippen LogP contribution is -2.30. The average Bonchev–Trinajstić information content (AvgIpc) is 2.25. The first-order valence-corrected chi connectivity index (χ1v) is 5.05. The standard InChI is InChI=1S/C9H22N2O4/c1-7(15-6-9(13)3-11)4-14-5-8(12)2-10/h7-9,12-13H,2-6,10-11H2,1H3. The molecular weight excluding hydrogens is 200 g/mol. The Kier molecular flexibility index (Phi) is 8.88. The first-order chi connectivity index (χ1) is 7.10. The molecule has 0 heterocycles. The number of rotatable bonds is 9. The number of aliphatic hydroxyl groups excluding tert-OH is 2. The summed E-state index contributed by atoms with van der Waals surface area (Å²) in [5, 5.41) is 18.2. The molecule has 3 unspecified atom stereocenters. The highest BCUT2D eigenvalue weighted by atomic mass is 16.5. The predicted octanol–water partition coefficient (Wildman–Crippen LogP) is -1.95. The maximum absolute atomic E-state index is 9.11. The van der Waals surface area contributed by atoms with Gasteiger partial charge in [0.1, 0.15) is 0 Å². The SMILES string of the molecule is CC(COCC(O)CN)OCC(O)CN. The zero-order chi connectivity index (χ0) is 11.7. The van der Waals surface area contributed by atoms with Crippen LogP contribution in [0.15, 0.2) is 0 Å². The molecule has 0 aromatic heterocycles. The number of hydrogen-bond donors (Lipinski definition) is 4. The molecule has 92 valence electrons. The minimum Gasteiger partial charge on any atom is -0.389 e. The van der Waals surface area contributed by atoms with Crippen molar-refractivity contribution in [1.29, 1.82) is 0 Å². The van der Waals surface area contributed by atoms with Gasteiger partial charge in [-0.2, -0.15) is 0 Å². The first kappa shape index (κ1) is 14.8. The molecule has 0 aliphatic carbocycles. The van der Waals surface area contributed by atoms with E-state index in [0.29, 0.717) is 6.61 Å². The van der Waals surface area contributed by atoms with Crippen LogP contribution in [-0.4, -0.2) is 61.4 Å². The largest absolute Gasteiger partial charge is 0.389 e. The van der Waals surface area contributed by atoms with Gasteiger partial charge in [0.05, 0.1) is 38.1 Å². The zero-order valence-electron chi connectivity index (χ0n) is 9.13. The third kappa shape index (κ3) is 8.73. The second-order valence-electron chi connectivity index (χ2n) is 3.46. The number of aliphatic hydroxyl groups is 2. The van der Waals surface area contributed by atoms with Crippen LogP contribution in [0, 0.1) is 0 Å². The molecule has 0 bridgehead atoms. The zero-order valence-corrected chi connectivity index (χ0v) is 9.13. The minimum atomic E-state index is -0.637. The van der Waals surface area contributed by atoms with Crippen molar-refractivity contribution in [1.82, 2.24) is 0 Å². The van der Waals surface area contributed by atoms with Crippen molar-refractivity contribution in [3.63, 3.8) is 0 Å². The third-order valence-corrected chi connectivity index (χ3v) is 1.78. The van der Waals surface area contributed by atoms with E-state index in [2.05, 4.69) is 0 Å². The summed E-state index contributed by atoms with van der Waals surface area (Å²) in [6.07, 6.45) is -1.41. The molecule has 0 rings (SSSR count). The van der Waals surface area contributed by atoms with Crippen LogP contribution in [0.5, 0.6) is 0 Å². The van der Waals surface area contributed by atoms with E-state index in [1.165, 1.54) is 0 Å². The Labute approximate surface area is 90.2 Å². The molecule has 0 spiro atoms. The van der Waals surface area contributed by atoms with Crippen LogP contribution in [0.1, 0.15) is 6.92 Å². The predicted molar refractivity (Wildman–Crippen MR) is 56.4 cm³/mol. The topological polar surface area (TPSA) is 111 Å². The summed E-state index contributed by atoms with van der Waals surface area (Å²) < 4.78 is 10.4. The van der Waals surface area contributed by atoms with Crippen molar-refractivity contribution in [2.75, 3.05) is 32.9 Å². The number of hydrogen-bond acceptors (Lipinski definition) is 6. The molecule has 0 aromatic carbocycles. The van der Waals surface area contributed by atoms with Gasteiger partial charge in [-0.05, 0) is 6.92 Å². The van der Waals surface area contributed by atoms with Gasteiger partial charge in [-0.1, -0.05) is 0 Å². The lowest BCUT2D eigenvalue weighted by molar-refractivity contribution is -0.0516. The molecule has 0 aliphatic heterocycles. The highest BCUT2D eigenvalue weighted by molar-refractivity contribution is 4.57. The Balaban J connectivity index is 3.37. The van der Waals surface area contributed by atoms with Gasteiger partial charge in [0, 0.05) is 13.1 Å². The van der Waals surface area contributed by atoms with Crippen LogP contribution in [0.2, 0.25) is 0 Å². The summed E-state index contributed by atoms with van der Waals surface area (Å²) in [5.41, 5.74) is 10.4. The minimum absolute atomic E-state index is 0.142. The summed E-state index contributed by atoms with van der Waals surface area (Å²) in [6.45, 7) is 2.93. The Morgan fingerprint density at radius 2 is 1.53 bits per heavy atom. The van der Waals surface area contributed by atoms with Crippen LogP contribution in [0.4, 0.5) is 0 Å². The third-order valence-electron chi connectivity index (χ3n) is 1.78. The molecule has 3 atom stereocenters. The molecule has 6 N–H and O–H groups in total. The molecule has 6 nitrogen and oxygen atoms in total. The van der Waals surface area contributed by atoms with Crippen molar-refractivity contribution in [3.8, 4) is 0 Å². The summed E-state index contributed by atoms with van der Waals surface area (Å²) in [6, 6.07) is 0. The lowest BCUT2D eigenvalue weighted by atomic mass is 10.3. The van der Waals surface area contributed by atoms with Gasteiger partial charge in [-0.3, -0.25) is 0 Å². The molecule has 15 heavy (non-hydrogen) atoms. The van der Waals surface area contributed by atoms with Crippen LogP contribution < -0.4 is 11.5 Å². The van der Waals surface area contributed by atoms with Crippen LogP contribution in [0.3, 0.4) is 0 Å². The lowest BCUT2D eigenvalue weighted by Gasteiger charge is -2.16. The molecule has 0 radical (unpaired) electrons. The smallest absolute Gasteiger partial charge is 0.0895 e. The summed E-state index contributed by atoms with van der Waals surface area (Å²) >= 11 is 0. The van der Waals surface area contributed by atoms with E-state index in [-0.39, 0.29) is 32.4 Å². The van der Waals surface area contributed by atoms with Gasteiger partial charge in [0.25, 0.3) is 0 Å². The second kappa shape index (κ2) is 9.02. The fourth-order valence-corrected chi connectivity index (χ4v) is 0.830. The number of nitrogens with two attached hydrogens (primary N) is 2. The molecule has 0 amide bonds. The van der Waals surface area contributed by atoms with E-state index >= 15 is 0 Å². The van der Waals surface area contributed by atoms with E-state index in [1.807, 2.05) is 6.92 Å². The van der Waals surface area contributed by atoms with Gasteiger partial charge in [0.15, 0.2) is 0 Å². The summed E-state index contributed by atoms with van der Waals surface area (Å²) in [4.78, 5) is 0. The Morgan fingerprint density at radius 3 is 2.07 bits per heavy atom. The van der Waals surface area contributed by atoms with Gasteiger partial charge in [0.2, 0.25) is 0 Å². The van der Waals surface area contributed by atoms with Crippen molar-refractivity contribution in [2.24, 2.45) is 11.5 Å². The monoisotopic (exact) mass is 222 g/mol. The van der Waals surface area contributed by atoms with E-state index < -0.39 is 12.2 Å². The molecule has 0 aromatic rings. The van der Waals surface area contributed by atoms with Crippen molar-refractivity contribution in [2.45, 2.75) is 25.2 Å². The summed E-state index contributed by atoms with van der Waals surface area (Å²) in [5.74, 6) is 0. The molecule has 6 heteroatoms. The second-order valence-corrected chi connectivity index (χ2v) is 3.46. The molecule has 0 saturated carbocycles. The normalized spacial score (nSPS) is 17.4. The highest BCUT2D eigenvalue weighted by Gasteiger charge is 2.08. The average molecular weight is 222 g/mol. The van der Waals surface area contributed by atoms with Crippen molar-refractivity contribution >= 4 is 0 Å². The van der Waals surface area contributed by atoms with E-state index in [0.717, 1.165) is 0 Å². The van der Waals surface area contributed by atoms with Crippen molar-refractivity contribution in [3.05, 3.63) is 0 Å². The molecular formula is C9H22N2O4. The van der Waals surface area contributed by atoms with E-state index in [9.17, 15) is 0 Å². The Morgan fingerprint density at radius 1 is 1.00 bits per heavy atom. The molecule has 0 aliphatic rings. The van der Waals surface area contributed by atoms with Gasteiger partial charge in [-0.15, -0.1) is 0 Å². The van der Waals surface area contributed by atoms with Crippen LogP contribution >= 0.6 is 0 Å².